The molecule has 2 N–H and O–H groups in total. The standard InChI is InChI=1S/C17H17Br3N2O/c1-12-7-9-14(10-8-12)15(23)22-16(17(18,19)20)21-11-13-5-3-2-4-6-13/h2-10,16,21H,11H2,1H3,(H,22,23). The molecule has 1 unspecified atom stereocenters. The molecule has 0 saturated carbocycles. The van der Waals surface area contributed by atoms with E-state index in [-0.39, 0.29) is 12.1 Å². The highest BCUT2D eigenvalue weighted by Crippen LogP contribution is 2.36. The molecular formula is C17H17Br3N2O. The predicted molar refractivity (Wildman–Crippen MR) is 105 cm³/mol. The SMILES string of the molecule is Cc1ccc(C(=O)NC(NCc2ccccc2)C(Br)(Br)Br)cc1. The van der Waals surface area contributed by atoms with E-state index >= 15 is 0 Å². The van der Waals surface area contributed by atoms with Gasteiger partial charge in [-0.2, -0.15) is 0 Å². The van der Waals surface area contributed by atoms with E-state index < -0.39 is 2.14 Å². The Kier molecular flexibility index (Phi) is 6.83. The van der Waals surface area contributed by atoms with Crippen LogP contribution in [-0.2, 0) is 6.54 Å². The van der Waals surface area contributed by atoms with Crippen LogP contribution in [-0.4, -0.2) is 14.2 Å². The Labute approximate surface area is 161 Å². The summed E-state index contributed by atoms with van der Waals surface area (Å²) in [6.07, 6.45) is -0.364. The van der Waals surface area contributed by atoms with Crippen molar-refractivity contribution in [2.24, 2.45) is 0 Å². The van der Waals surface area contributed by atoms with Crippen LogP contribution < -0.4 is 10.6 Å². The van der Waals surface area contributed by atoms with Crippen LogP contribution in [0.3, 0.4) is 0 Å². The Balaban J connectivity index is 2.04. The zero-order valence-electron chi connectivity index (χ0n) is 12.5. The average Bonchev–Trinajstić information content (AvgIpc) is 2.51. The van der Waals surface area contributed by atoms with Crippen molar-refractivity contribution in [3.8, 4) is 0 Å². The second kappa shape index (κ2) is 8.42. The zero-order chi connectivity index (χ0) is 16.9. The summed E-state index contributed by atoms with van der Waals surface area (Å²) in [5.41, 5.74) is 2.88. The molecule has 1 amide bonds. The Hall–Kier alpha value is -0.690. The summed E-state index contributed by atoms with van der Waals surface area (Å²) in [4.78, 5) is 12.4. The number of carbonyl (C=O) groups is 1. The third-order valence-electron chi connectivity index (χ3n) is 3.27. The fourth-order valence-electron chi connectivity index (χ4n) is 1.98. The van der Waals surface area contributed by atoms with Crippen LogP contribution in [0.5, 0.6) is 0 Å². The van der Waals surface area contributed by atoms with Crippen LogP contribution in [0.2, 0.25) is 0 Å². The molecule has 6 heteroatoms. The number of hydrogen-bond acceptors (Lipinski definition) is 2. The minimum atomic E-state index is -0.651. The van der Waals surface area contributed by atoms with Crippen molar-refractivity contribution >= 4 is 53.7 Å². The van der Waals surface area contributed by atoms with Gasteiger partial charge in [0.1, 0.15) is 6.17 Å². The van der Waals surface area contributed by atoms with Crippen molar-refractivity contribution in [1.29, 1.82) is 0 Å². The van der Waals surface area contributed by atoms with Gasteiger partial charge >= 0.3 is 0 Å². The third kappa shape index (κ3) is 6.03. The molecule has 2 aromatic carbocycles. The lowest BCUT2D eigenvalue weighted by Gasteiger charge is -2.28. The number of nitrogens with one attached hydrogen (secondary N) is 2. The van der Waals surface area contributed by atoms with Crippen molar-refractivity contribution in [3.63, 3.8) is 0 Å². The number of alkyl halides is 3. The van der Waals surface area contributed by atoms with Gasteiger partial charge in [0.25, 0.3) is 5.91 Å². The average molecular weight is 505 g/mol. The maximum absolute atomic E-state index is 12.4. The number of rotatable bonds is 5. The molecule has 0 fully saturated rings. The monoisotopic (exact) mass is 502 g/mol. The minimum absolute atomic E-state index is 0.140. The number of halogens is 3. The van der Waals surface area contributed by atoms with Crippen molar-refractivity contribution in [3.05, 3.63) is 71.3 Å². The molecule has 0 aliphatic rings. The number of carbonyl (C=O) groups excluding carboxylic acids is 1. The van der Waals surface area contributed by atoms with Gasteiger partial charge in [0.05, 0.1) is 0 Å². The maximum atomic E-state index is 12.4. The van der Waals surface area contributed by atoms with Gasteiger partial charge in [-0.05, 0) is 24.6 Å². The number of aryl methyl sites for hydroxylation is 1. The quantitative estimate of drug-likeness (QED) is 0.458. The molecule has 0 aliphatic carbocycles. The summed E-state index contributed by atoms with van der Waals surface area (Å²) in [5, 5.41) is 6.29. The Morgan fingerprint density at radius 1 is 1.04 bits per heavy atom. The first-order valence-corrected chi connectivity index (χ1v) is 9.46. The molecule has 0 radical (unpaired) electrons. The lowest BCUT2D eigenvalue weighted by atomic mass is 10.1. The van der Waals surface area contributed by atoms with Gasteiger partial charge in [-0.15, -0.1) is 0 Å². The Bertz CT molecular complexity index is 639. The van der Waals surface area contributed by atoms with E-state index in [9.17, 15) is 4.79 Å². The fraction of sp³-hybridized carbons (Fsp3) is 0.235. The molecule has 0 aromatic heterocycles. The Morgan fingerprint density at radius 3 is 2.22 bits per heavy atom. The van der Waals surface area contributed by atoms with Crippen molar-refractivity contribution < 1.29 is 4.79 Å². The van der Waals surface area contributed by atoms with Crippen molar-refractivity contribution in [1.82, 2.24) is 10.6 Å². The number of benzene rings is 2. The van der Waals surface area contributed by atoms with Crippen molar-refractivity contribution in [2.45, 2.75) is 21.8 Å². The normalized spacial score (nSPS) is 12.7. The van der Waals surface area contributed by atoms with Crippen LogP contribution in [0, 0.1) is 6.92 Å². The van der Waals surface area contributed by atoms with Crippen LogP contribution in [0.4, 0.5) is 0 Å². The molecule has 0 aliphatic heterocycles. The molecule has 1 atom stereocenters. The first-order chi connectivity index (χ1) is 10.9. The molecule has 0 heterocycles. The van der Waals surface area contributed by atoms with Gasteiger partial charge in [-0.1, -0.05) is 95.8 Å². The Morgan fingerprint density at radius 2 is 1.65 bits per heavy atom. The maximum Gasteiger partial charge on any atom is 0.252 e. The van der Waals surface area contributed by atoms with E-state index in [0.717, 1.165) is 11.1 Å². The van der Waals surface area contributed by atoms with E-state index in [1.54, 1.807) is 0 Å². The highest BCUT2D eigenvalue weighted by Gasteiger charge is 2.32. The first kappa shape index (κ1) is 18.6. The van der Waals surface area contributed by atoms with E-state index in [4.69, 9.17) is 0 Å². The highest BCUT2D eigenvalue weighted by molar-refractivity contribution is 9.39. The van der Waals surface area contributed by atoms with Gasteiger partial charge < -0.3 is 5.32 Å². The molecule has 0 bridgehead atoms. The molecule has 23 heavy (non-hydrogen) atoms. The van der Waals surface area contributed by atoms with Gasteiger partial charge in [-0.25, -0.2) is 0 Å². The summed E-state index contributed by atoms with van der Waals surface area (Å²) < 4.78 is -0.651. The molecule has 2 rings (SSSR count). The van der Waals surface area contributed by atoms with Gasteiger partial charge in [0.15, 0.2) is 2.14 Å². The van der Waals surface area contributed by atoms with Gasteiger partial charge in [0.2, 0.25) is 0 Å². The van der Waals surface area contributed by atoms with Gasteiger partial charge in [0, 0.05) is 12.1 Å². The second-order valence-electron chi connectivity index (χ2n) is 5.18. The third-order valence-corrected chi connectivity index (χ3v) is 4.64. The molecule has 3 nitrogen and oxygen atoms in total. The fourth-order valence-corrected chi connectivity index (χ4v) is 2.81. The summed E-state index contributed by atoms with van der Waals surface area (Å²) in [6, 6.07) is 17.5. The molecule has 0 spiro atoms. The summed E-state index contributed by atoms with van der Waals surface area (Å²) in [5.74, 6) is -0.140. The molecule has 2 aromatic rings. The number of amides is 1. The molecule has 122 valence electrons. The van der Waals surface area contributed by atoms with E-state index in [1.165, 1.54) is 0 Å². The van der Waals surface area contributed by atoms with Crippen molar-refractivity contribution in [2.75, 3.05) is 0 Å². The van der Waals surface area contributed by atoms with Crippen LogP contribution >= 0.6 is 47.8 Å². The predicted octanol–water partition coefficient (Wildman–Crippen LogP) is 4.68. The smallest absolute Gasteiger partial charge is 0.252 e. The summed E-state index contributed by atoms with van der Waals surface area (Å²) in [7, 11) is 0. The largest absolute Gasteiger partial charge is 0.334 e. The van der Waals surface area contributed by atoms with Crippen LogP contribution in [0.25, 0.3) is 0 Å². The van der Waals surface area contributed by atoms with E-state index in [2.05, 4.69) is 58.4 Å². The summed E-state index contributed by atoms with van der Waals surface area (Å²) in [6.45, 7) is 2.62. The van der Waals surface area contributed by atoms with Crippen LogP contribution in [0.1, 0.15) is 21.5 Å². The lowest BCUT2D eigenvalue weighted by Crippen LogP contribution is -2.52. The van der Waals surface area contributed by atoms with E-state index in [1.807, 2.05) is 61.5 Å². The van der Waals surface area contributed by atoms with Gasteiger partial charge in [-0.3, -0.25) is 10.1 Å². The molecular weight excluding hydrogens is 488 g/mol. The first-order valence-electron chi connectivity index (χ1n) is 7.08. The summed E-state index contributed by atoms with van der Waals surface area (Å²) >= 11 is 10.5. The highest BCUT2D eigenvalue weighted by atomic mass is 80.0. The topological polar surface area (TPSA) is 41.1 Å². The minimum Gasteiger partial charge on any atom is -0.334 e. The lowest BCUT2D eigenvalue weighted by molar-refractivity contribution is 0.0931. The number of hydrogen-bond donors (Lipinski definition) is 2. The van der Waals surface area contributed by atoms with E-state index in [0.29, 0.717) is 12.1 Å². The van der Waals surface area contributed by atoms with Crippen LogP contribution in [0.15, 0.2) is 54.6 Å². The zero-order valence-corrected chi connectivity index (χ0v) is 17.3. The molecule has 0 saturated heterocycles. The second-order valence-corrected chi connectivity index (χ2v) is 12.1.